The van der Waals surface area contributed by atoms with Gasteiger partial charge in [-0.2, -0.15) is 0 Å². The van der Waals surface area contributed by atoms with Gasteiger partial charge in [-0.25, -0.2) is 4.79 Å². The van der Waals surface area contributed by atoms with Gasteiger partial charge in [-0.3, -0.25) is 4.79 Å². The highest BCUT2D eigenvalue weighted by atomic mass is 35.5. The zero-order valence-electron chi connectivity index (χ0n) is 14.2. The largest absolute Gasteiger partial charge is 0.465 e. The third-order valence-electron chi connectivity index (χ3n) is 3.82. The highest BCUT2D eigenvalue weighted by molar-refractivity contribution is 7.99. The normalized spacial score (nSPS) is 10.5. The number of ketones is 1. The van der Waals surface area contributed by atoms with Crippen LogP contribution in [0.1, 0.15) is 26.3 Å². The molecule has 0 atom stereocenters. The molecular weight excluding hydrogens is 403 g/mol. The van der Waals surface area contributed by atoms with E-state index in [0.29, 0.717) is 21.2 Å². The number of rotatable bonds is 5. The van der Waals surface area contributed by atoms with Crippen molar-refractivity contribution in [3.05, 3.63) is 93.5 Å². The fourth-order valence-corrected chi connectivity index (χ4v) is 3.70. The summed E-state index contributed by atoms with van der Waals surface area (Å²) in [6.45, 7) is 0. The van der Waals surface area contributed by atoms with E-state index in [1.54, 1.807) is 48.5 Å². The van der Waals surface area contributed by atoms with Crippen molar-refractivity contribution in [2.45, 2.75) is 9.79 Å². The Hall–Kier alpha value is -2.27. The van der Waals surface area contributed by atoms with E-state index < -0.39 is 5.97 Å². The van der Waals surface area contributed by atoms with E-state index in [0.717, 1.165) is 9.79 Å². The molecule has 0 N–H and O–H groups in total. The van der Waals surface area contributed by atoms with Crippen LogP contribution in [0.4, 0.5) is 0 Å². The first kappa shape index (κ1) is 19.5. The molecule has 0 unspecified atom stereocenters. The molecule has 6 heteroatoms. The number of benzene rings is 3. The maximum Gasteiger partial charge on any atom is 0.338 e. The molecule has 136 valence electrons. The highest BCUT2D eigenvalue weighted by Gasteiger charge is 2.18. The minimum Gasteiger partial charge on any atom is -0.465 e. The Labute approximate surface area is 171 Å². The molecule has 0 radical (unpaired) electrons. The van der Waals surface area contributed by atoms with Crippen LogP contribution in [-0.2, 0) is 4.74 Å². The molecule has 3 nitrogen and oxygen atoms in total. The van der Waals surface area contributed by atoms with Crippen LogP contribution in [-0.4, -0.2) is 18.9 Å². The lowest BCUT2D eigenvalue weighted by atomic mass is 9.98. The van der Waals surface area contributed by atoms with E-state index in [4.69, 9.17) is 27.9 Å². The smallest absolute Gasteiger partial charge is 0.338 e. The number of carbonyl (C=O) groups is 2. The summed E-state index contributed by atoms with van der Waals surface area (Å²) in [7, 11) is 1.29. The lowest BCUT2D eigenvalue weighted by Gasteiger charge is -2.08. The lowest BCUT2D eigenvalue weighted by Crippen LogP contribution is -2.11. The molecule has 0 fully saturated rings. The minimum atomic E-state index is -0.536. The van der Waals surface area contributed by atoms with E-state index in [1.807, 2.05) is 18.2 Å². The van der Waals surface area contributed by atoms with Crippen LogP contribution < -0.4 is 0 Å². The molecular formula is C21H14Cl2O3S. The zero-order valence-corrected chi connectivity index (χ0v) is 16.6. The molecule has 0 saturated heterocycles. The average molecular weight is 417 g/mol. The summed E-state index contributed by atoms with van der Waals surface area (Å²) in [5.41, 5.74) is 1.05. The van der Waals surface area contributed by atoms with Crippen molar-refractivity contribution in [1.82, 2.24) is 0 Å². The first-order valence-electron chi connectivity index (χ1n) is 7.94. The zero-order chi connectivity index (χ0) is 19.4. The third kappa shape index (κ3) is 4.53. The molecule has 0 amide bonds. The van der Waals surface area contributed by atoms with Gasteiger partial charge >= 0.3 is 5.97 Å². The number of carbonyl (C=O) groups excluding carboxylic acids is 2. The fraction of sp³-hybridized carbons (Fsp3) is 0.0476. The highest BCUT2D eigenvalue weighted by Crippen LogP contribution is 2.32. The summed E-state index contributed by atoms with van der Waals surface area (Å²) in [5.74, 6) is -0.771. The second-order valence-corrected chi connectivity index (χ2v) is 7.53. The maximum atomic E-state index is 12.8. The fourth-order valence-electron chi connectivity index (χ4n) is 2.48. The number of ether oxygens (including phenoxy) is 1. The van der Waals surface area contributed by atoms with Gasteiger partial charge in [-0.15, -0.1) is 0 Å². The van der Waals surface area contributed by atoms with Gasteiger partial charge in [0.25, 0.3) is 0 Å². The van der Waals surface area contributed by atoms with Crippen molar-refractivity contribution in [2.75, 3.05) is 7.11 Å². The Bertz CT molecular complexity index is 1000. The van der Waals surface area contributed by atoms with Crippen molar-refractivity contribution in [3.8, 4) is 0 Å². The van der Waals surface area contributed by atoms with Crippen LogP contribution in [0.3, 0.4) is 0 Å². The van der Waals surface area contributed by atoms with Gasteiger partial charge in [-0.05, 0) is 48.5 Å². The molecule has 3 rings (SSSR count). The summed E-state index contributed by atoms with van der Waals surface area (Å²) in [4.78, 5) is 26.6. The SMILES string of the molecule is COC(=O)c1ccccc1C(=O)c1ccc(Sc2ccc(Cl)c(Cl)c2)cc1. The molecule has 0 aliphatic carbocycles. The number of halogens is 2. The van der Waals surface area contributed by atoms with E-state index in [1.165, 1.54) is 18.9 Å². The van der Waals surface area contributed by atoms with E-state index in [9.17, 15) is 9.59 Å². The van der Waals surface area contributed by atoms with Crippen LogP contribution in [0, 0.1) is 0 Å². The number of hydrogen-bond acceptors (Lipinski definition) is 4. The average Bonchev–Trinajstić information content (AvgIpc) is 2.70. The number of esters is 1. The Balaban J connectivity index is 1.82. The maximum absolute atomic E-state index is 12.8. The summed E-state index contributed by atoms with van der Waals surface area (Å²) >= 11 is 13.5. The third-order valence-corrected chi connectivity index (χ3v) is 5.56. The first-order valence-corrected chi connectivity index (χ1v) is 9.52. The van der Waals surface area contributed by atoms with Crippen molar-refractivity contribution < 1.29 is 14.3 Å². The molecule has 0 heterocycles. The molecule has 27 heavy (non-hydrogen) atoms. The molecule has 0 spiro atoms. The number of hydrogen-bond donors (Lipinski definition) is 0. The van der Waals surface area contributed by atoms with Gasteiger partial charge in [0, 0.05) is 20.9 Å². The topological polar surface area (TPSA) is 43.4 Å². The predicted octanol–water partition coefficient (Wildman–Crippen LogP) is 6.16. The van der Waals surface area contributed by atoms with Crippen molar-refractivity contribution in [1.29, 1.82) is 0 Å². The van der Waals surface area contributed by atoms with E-state index >= 15 is 0 Å². The van der Waals surface area contributed by atoms with Crippen molar-refractivity contribution in [2.24, 2.45) is 0 Å². The Morgan fingerprint density at radius 1 is 0.815 bits per heavy atom. The van der Waals surface area contributed by atoms with Crippen LogP contribution in [0.25, 0.3) is 0 Å². The second-order valence-electron chi connectivity index (χ2n) is 5.57. The molecule has 0 aliphatic rings. The minimum absolute atomic E-state index is 0.234. The van der Waals surface area contributed by atoms with E-state index in [2.05, 4.69) is 0 Å². The quantitative estimate of drug-likeness (QED) is 0.368. The predicted molar refractivity (Wildman–Crippen MR) is 108 cm³/mol. The van der Waals surface area contributed by atoms with Gasteiger partial charge in [0.15, 0.2) is 5.78 Å². The van der Waals surface area contributed by atoms with Gasteiger partial charge in [0.2, 0.25) is 0 Å². The number of methoxy groups -OCH3 is 1. The Morgan fingerprint density at radius 3 is 2.07 bits per heavy atom. The summed E-state index contributed by atoms with van der Waals surface area (Å²) in [6.07, 6.45) is 0. The lowest BCUT2D eigenvalue weighted by molar-refractivity contribution is 0.0597. The van der Waals surface area contributed by atoms with Gasteiger partial charge in [0.1, 0.15) is 0 Å². The van der Waals surface area contributed by atoms with Crippen LogP contribution in [0.5, 0.6) is 0 Å². The molecule has 0 aromatic heterocycles. The molecule has 3 aromatic carbocycles. The van der Waals surface area contributed by atoms with Crippen molar-refractivity contribution >= 4 is 46.7 Å². The molecule has 3 aromatic rings. The van der Waals surface area contributed by atoms with Crippen LogP contribution in [0.15, 0.2) is 76.5 Å². The Kier molecular flexibility index (Phi) is 6.22. The van der Waals surface area contributed by atoms with E-state index in [-0.39, 0.29) is 11.3 Å². The second kappa shape index (κ2) is 8.61. The van der Waals surface area contributed by atoms with Crippen molar-refractivity contribution in [3.63, 3.8) is 0 Å². The monoisotopic (exact) mass is 416 g/mol. The van der Waals surface area contributed by atoms with Gasteiger partial charge < -0.3 is 4.74 Å². The standard InChI is InChI=1S/C21H14Cl2O3S/c1-26-21(25)17-5-3-2-4-16(17)20(24)13-6-8-14(9-7-13)27-15-10-11-18(22)19(23)12-15/h2-12H,1H3. The van der Waals surface area contributed by atoms with Gasteiger partial charge in [0.05, 0.1) is 22.7 Å². The summed E-state index contributed by atoms with van der Waals surface area (Å²) < 4.78 is 4.75. The Morgan fingerprint density at radius 2 is 1.44 bits per heavy atom. The molecule has 0 aliphatic heterocycles. The summed E-state index contributed by atoms with van der Waals surface area (Å²) in [5, 5.41) is 0.999. The van der Waals surface area contributed by atoms with Crippen LogP contribution >= 0.6 is 35.0 Å². The first-order chi connectivity index (χ1) is 13.0. The summed E-state index contributed by atoms with van der Waals surface area (Å²) in [6, 6.07) is 19.2. The van der Waals surface area contributed by atoms with Crippen LogP contribution in [0.2, 0.25) is 10.0 Å². The van der Waals surface area contributed by atoms with Gasteiger partial charge in [-0.1, -0.05) is 53.2 Å². The molecule has 0 bridgehead atoms. The molecule has 0 saturated carbocycles.